The number of methoxy groups -OCH3 is 1. The smallest absolute Gasteiger partial charge is 0.246 e. The van der Waals surface area contributed by atoms with Gasteiger partial charge in [0.1, 0.15) is 17.8 Å². The van der Waals surface area contributed by atoms with Gasteiger partial charge in [-0.3, -0.25) is 9.59 Å². The second-order valence-corrected chi connectivity index (χ2v) is 10.1. The summed E-state index contributed by atoms with van der Waals surface area (Å²) in [6.45, 7) is 0.836. The van der Waals surface area contributed by atoms with Gasteiger partial charge in [0.25, 0.3) is 0 Å². The summed E-state index contributed by atoms with van der Waals surface area (Å²) in [7, 11) is 1.59. The van der Waals surface area contributed by atoms with E-state index in [-0.39, 0.29) is 18.4 Å². The molecule has 1 saturated heterocycles. The highest BCUT2D eigenvalue weighted by molar-refractivity contribution is 5.97. The molecular formula is C33H35N3O4. The number of hydrogen-bond donors (Lipinski definition) is 2. The molecule has 2 unspecified atom stereocenters. The summed E-state index contributed by atoms with van der Waals surface area (Å²) in [5, 5.41) is 5.26. The molecule has 0 aliphatic carbocycles. The highest BCUT2D eigenvalue weighted by atomic mass is 16.5. The highest BCUT2D eigenvalue weighted by Gasteiger charge is 2.40. The first-order valence-electron chi connectivity index (χ1n) is 13.7. The zero-order valence-electron chi connectivity index (χ0n) is 22.7. The van der Waals surface area contributed by atoms with E-state index in [0.29, 0.717) is 36.6 Å². The molecule has 4 aromatic carbocycles. The number of piperazine rings is 1. The second-order valence-electron chi connectivity index (χ2n) is 10.1. The van der Waals surface area contributed by atoms with Gasteiger partial charge in [0.2, 0.25) is 11.8 Å². The molecule has 5 rings (SSSR count). The van der Waals surface area contributed by atoms with Crippen LogP contribution in [0.15, 0.2) is 91.0 Å². The summed E-state index contributed by atoms with van der Waals surface area (Å²) in [6, 6.07) is 28.2. The summed E-state index contributed by atoms with van der Waals surface area (Å²) in [5.41, 5.74) is 7.56. The van der Waals surface area contributed by atoms with E-state index in [4.69, 9.17) is 15.2 Å². The van der Waals surface area contributed by atoms with Gasteiger partial charge in [-0.1, -0.05) is 66.7 Å². The number of unbranched alkanes of at least 4 members (excludes halogenated alkanes) is 1. The monoisotopic (exact) mass is 537 g/mol. The normalized spacial score (nSPS) is 17.1. The maximum Gasteiger partial charge on any atom is 0.246 e. The van der Waals surface area contributed by atoms with Crippen LogP contribution in [-0.4, -0.2) is 42.5 Å². The lowest BCUT2D eigenvalue weighted by molar-refractivity contribution is -0.150. The highest BCUT2D eigenvalue weighted by Crippen LogP contribution is 2.33. The Kier molecular flexibility index (Phi) is 8.62. The van der Waals surface area contributed by atoms with Gasteiger partial charge in [0.15, 0.2) is 11.5 Å². The van der Waals surface area contributed by atoms with Crippen LogP contribution in [0.1, 0.15) is 30.4 Å². The van der Waals surface area contributed by atoms with Gasteiger partial charge in [0, 0.05) is 13.0 Å². The average molecular weight is 538 g/mol. The first-order chi connectivity index (χ1) is 19.6. The van der Waals surface area contributed by atoms with Crippen LogP contribution in [0.25, 0.3) is 10.8 Å². The van der Waals surface area contributed by atoms with Crippen molar-refractivity contribution in [2.45, 2.75) is 44.3 Å². The number of carbonyl (C=O) groups excluding carboxylic acids is 2. The van der Waals surface area contributed by atoms with E-state index in [1.807, 2.05) is 66.7 Å². The van der Waals surface area contributed by atoms with Gasteiger partial charge in [0.05, 0.1) is 7.11 Å². The fraction of sp³-hybridized carbons (Fsp3) is 0.273. The summed E-state index contributed by atoms with van der Waals surface area (Å²) in [5.74, 6) is 1.62. The van der Waals surface area contributed by atoms with E-state index >= 15 is 0 Å². The van der Waals surface area contributed by atoms with Crippen molar-refractivity contribution in [3.63, 3.8) is 0 Å². The number of hydrogen-bond acceptors (Lipinski definition) is 5. The number of amides is 2. The fourth-order valence-corrected chi connectivity index (χ4v) is 5.23. The molecule has 0 aromatic heterocycles. The summed E-state index contributed by atoms with van der Waals surface area (Å²) in [4.78, 5) is 28.9. The molecule has 0 spiro atoms. The number of fused-ring (bicyclic) bond motifs is 1. The molecule has 40 heavy (non-hydrogen) atoms. The predicted octanol–water partition coefficient (Wildman–Crippen LogP) is 5.21. The average Bonchev–Trinajstić information content (AvgIpc) is 2.98. The summed E-state index contributed by atoms with van der Waals surface area (Å²) in [6.07, 6.45) is 2.55. The third-order valence-electron chi connectivity index (χ3n) is 7.31. The fourth-order valence-electron chi connectivity index (χ4n) is 5.23. The van der Waals surface area contributed by atoms with Crippen LogP contribution in [0.4, 0.5) is 0 Å². The maximum absolute atomic E-state index is 13.9. The van der Waals surface area contributed by atoms with E-state index in [1.54, 1.807) is 12.0 Å². The topological polar surface area (TPSA) is 93.9 Å². The number of para-hydroxylation sites is 1. The quantitative estimate of drug-likeness (QED) is 0.256. The van der Waals surface area contributed by atoms with E-state index < -0.39 is 12.1 Å². The zero-order chi connectivity index (χ0) is 27.9. The van der Waals surface area contributed by atoms with Crippen LogP contribution < -0.4 is 20.5 Å². The standard InChI is InChI=1S/C33H35N3O4/c1-39-31-21-24(15-17-30(31)40-27-11-3-2-4-12-27)22-36-29(13-7-8-18-34)32(37)35-28(33(36)38)20-23-14-16-25-9-5-6-10-26(25)19-23/h2-6,9-12,14-17,19,21,28-29H,7-8,13,18,20,22,34H2,1H3,(H,35,37). The largest absolute Gasteiger partial charge is 0.493 e. The van der Waals surface area contributed by atoms with Crippen LogP contribution in [0.2, 0.25) is 0 Å². The third kappa shape index (κ3) is 6.26. The van der Waals surface area contributed by atoms with E-state index in [1.165, 1.54) is 0 Å². The van der Waals surface area contributed by atoms with Crippen molar-refractivity contribution in [1.29, 1.82) is 0 Å². The number of carbonyl (C=O) groups is 2. The minimum atomic E-state index is -0.637. The molecule has 1 fully saturated rings. The summed E-state index contributed by atoms with van der Waals surface area (Å²) >= 11 is 0. The van der Waals surface area contributed by atoms with Crippen LogP contribution >= 0.6 is 0 Å². The SMILES string of the molecule is COc1cc(CN2C(=O)C(Cc3ccc4ccccc4c3)NC(=O)C2CCCCN)ccc1Oc1ccccc1. The van der Waals surface area contributed by atoms with E-state index in [9.17, 15) is 9.59 Å². The third-order valence-corrected chi connectivity index (χ3v) is 7.31. The summed E-state index contributed by atoms with van der Waals surface area (Å²) < 4.78 is 11.6. The lowest BCUT2D eigenvalue weighted by atomic mass is 9.96. The lowest BCUT2D eigenvalue weighted by Gasteiger charge is -2.39. The van der Waals surface area contributed by atoms with Crippen molar-refractivity contribution >= 4 is 22.6 Å². The van der Waals surface area contributed by atoms with Crippen molar-refractivity contribution in [2.24, 2.45) is 5.73 Å². The van der Waals surface area contributed by atoms with Crippen molar-refractivity contribution in [3.8, 4) is 17.2 Å². The maximum atomic E-state index is 13.9. The number of nitrogens with zero attached hydrogens (tertiary/aromatic N) is 1. The van der Waals surface area contributed by atoms with E-state index in [0.717, 1.165) is 34.7 Å². The molecule has 0 radical (unpaired) electrons. The Morgan fingerprint density at radius 2 is 1.57 bits per heavy atom. The van der Waals surface area contributed by atoms with Crippen molar-refractivity contribution in [3.05, 3.63) is 102 Å². The number of nitrogens with two attached hydrogens (primary N) is 1. The van der Waals surface area contributed by atoms with Crippen molar-refractivity contribution in [2.75, 3.05) is 13.7 Å². The predicted molar refractivity (Wildman–Crippen MR) is 156 cm³/mol. The molecule has 1 heterocycles. The molecule has 1 aliphatic heterocycles. The molecule has 3 N–H and O–H groups in total. The molecule has 0 saturated carbocycles. The Bertz CT molecular complexity index is 1470. The molecular weight excluding hydrogens is 502 g/mol. The molecule has 7 nitrogen and oxygen atoms in total. The van der Waals surface area contributed by atoms with Gasteiger partial charge in [-0.05, 0) is 72.0 Å². The Morgan fingerprint density at radius 1 is 0.825 bits per heavy atom. The Balaban J connectivity index is 1.38. The van der Waals surface area contributed by atoms with Gasteiger partial charge in [-0.2, -0.15) is 0 Å². The van der Waals surface area contributed by atoms with Gasteiger partial charge in [-0.25, -0.2) is 0 Å². The molecule has 7 heteroatoms. The molecule has 206 valence electrons. The van der Waals surface area contributed by atoms with Gasteiger partial charge < -0.3 is 25.4 Å². The Hall–Kier alpha value is -4.36. The van der Waals surface area contributed by atoms with Crippen LogP contribution in [0, 0.1) is 0 Å². The lowest BCUT2D eigenvalue weighted by Crippen LogP contribution is -2.63. The molecule has 2 amide bonds. The van der Waals surface area contributed by atoms with Crippen LogP contribution in [0.3, 0.4) is 0 Å². The first-order valence-corrected chi connectivity index (χ1v) is 13.7. The molecule has 4 aromatic rings. The Labute approximate surface area is 234 Å². The Morgan fingerprint density at radius 3 is 2.35 bits per heavy atom. The number of nitrogens with one attached hydrogen (secondary N) is 1. The minimum Gasteiger partial charge on any atom is -0.493 e. The number of rotatable bonds is 11. The van der Waals surface area contributed by atoms with Crippen molar-refractivity contribution in [1.82, 2.24) is 10.2 Å². The molecule has 0 bridgehead atoms. The van der Waals surface area contributed by atoms with Crippen LogP contribution in [0.5, 0.6) is 17.2 Å². The van der Waals surface area contributed by atoms with Gasteiger partial charge >= 0.3 is 0 Å². The zero-order valence-corrected chi connectivity index (χ0v) is 22.7. The molecule has 2 atom stereocenters. The first kappa shape index (κ1) is 27.2. The van der Waals surface area contributed by atoms with Crippen LogP contribution in [-0.2, 0) is 22.6 Å². The van der Waals surface area contributed by atoms with Gasteiger partial charge in [-0.15, -0.1) is 0 Å². The van der Waals surface area contributed by atoms with E-state index in [2.05, 4.69) is 29.6 Å². The number of benzene rings is 4. The second kappa shape index (κ2) is 12.7. The minimum absolute atomic E-state index is 0.0888. The van der Waals surface area contributed by atoms with Crippen molar-refractivity contribution < 1.29 is 19.1 Å². The molecule has 1 aliphatic rings. The number of ether oxygens (including phenoxy) is 2.